The van der Waals surface area contributed by atoms with E-state index in [9.17, 15) is 9.59 Å². The quantitative estimate of drug-likeness (QED) is 0.778. The largest absolute Gasteiger partial charge is 0.341 e. The molecule has 0 radical (unpaired) electrons. The van der Waals surface area contributed by atoms with Crippen LogP contribution in [-0.4, -0.2) is 57.8 Å². The van der Waals surface area contributed by atoms with E-state index in [1.807, 2.05) is 23.5 Å². The molecule has 6 nitrogen and oxygen atoms in total. The van der Waals surface area contributed by atoms with Crippen LogP contribution in [0.1, 0.15) is 28.6 Å². The fraction of sp³-hybridized carbons (Fsp3) is 0.438. The summed E-state index contributed by atoms with van der Waals surface area (Å²) in [6.07, 6.45) is 7.40. The molecule has 24 heavy (non-hydrogen) atoms. The van der Waals surface area contributed by atoms with Gasteiger partial charge in [0.2, 0.25) is 5.91 Å². The number of rotatable bonds is 4. The van der Waals surface area contributed by atoms with Gasteiger partial charge in [-0.3, -0.25) is 9.59 Å². The van der Waals surface area contributed by atoms with E-state index in [1.165, 1.54) is 16.2 Å². The van der Waals surface area contributed by atoms with Crippen molar-refractivity contribution in [2.75, 3.05) is 26.7 Å². The standard InChI is InChI=1S/C16H19BrN4O2S/c1-19(16(23)13-2-3-14(17)24-13)10-15(22)20-7-4-12(5-8-20)21-9-6-18-11-21/h2-3,6,9,11-12H,4-5,7-8,10H2,1H3. The first-order valence-corrected chi connectivity index (χ1v) is 9.41. The number of hydrogen-bond acceptors (Lipinski definition) is 4. The molecular formula is C16H19BrN4O2S. The Balaban J connectivity index is 1.51. The van der Waals surface area contributed by atoms with Crippen molar-refractivity contribution >= 4 is 39.1 Å². The van der Waals surface area contributed by atoms with Crippen molar-refractivity contribution in [2.24, 2.45) is 0 Å². The van der Waals surface area contributed by atoms with E-state index in [2.05, 4.69) is 25.5 Å². The lowest BCUT2D eigenvalue weighted by molar-refractivity contribution is -0.132. The Morgan fingerprint density at radius 3 is 2.71 bits per heavy atom. The number of imidazole rings is 1. The van der Waals surface area contributed by atoms with Gasteiger partial charge in [0.25, 0.3) is 5.91 Å². The van der Waals surface area contributed by atoms with E-state index in [1.54, 1.807) is 19.3 Å². The fourth-order valence-corrected chi connectivity index (χ4v) is 4.27. The second-order valence-electron chi connectivity index (χ2n) is 5.89. The minimum Gasteiger partial charge on any atom is -0.341 e. The van der Waals surface area contributed by atoms with Crippen LogP contribution in [0.25, 0.3) is 0 Å². The molecule has 0 bridgehead atoms. The molecule has 8 heteroatoms. The predicted octanol–water partition coefficient (Wildman–Crippen LogP) is 2.64. The van der Waals surface area contributed by atoms with Crippen LogP contribution in [0, 0.1) is 0 Å². The molecule has 0 aromatic carbocycles. The molecular weight excluding hydrogens is 392 g/mol. The average molecular weight is 411 g/mol. The zero-order valence-electron chi connectivity index (χ0n) is 13.4. The van der Waals surface area contributed by atoms with Gasteiger partial charge in [-0.05, 0) is 40.9 Å². The third-order valence-corrected chi connectivity index (χ3v) is 5.88. The third kappa shape index (κ3) is 3.87. The van der Waals surface area contributed by atoms with Gasteiger partial charge in [-0.15, -0.1) is 11.3 Å². The lowest BCUT2D eigenvalue weighted by Crippen LogP contribution is -2.44. The smallest absolute Gasteiger partial charge is 0.264 e. The maximum atomic E-state index is 12.4. The number of halogens is 1. The van der Waals surface area contributed by atoms with Gasteiger partial charge in [0.15, 0.2) is 0 Å². The minimum atomic E-state index is -0.118. The van der Waals surface area contributed by atoms with E-state index < -0.39 is 0 Å². The number of likely N-dealkylation sites (N-methyl/N-ethyl adjacent to an activating group) is 1. The summed E-state index contributed by atoms with van der Waals surface area (Å²) in [6, 6.07) is 4.02. The molecule has 1 aliphatic heterocycles. The van der Waals surface area contributed by atoms with Crippen LogP contribution < -0.4 is 0 Å². The van der Waals surface area contributed by atoms with Gasteiger partial charge in [0.1, 0.15) is 0 Å². The normalized spacial score (nSPS) is 15.5. The Kier molecular flexibility index (Phi) is 5.35. The molecule has 1 aliphatic rings. The monoisotopic (exact) mass is 410 g/mol. The number of piperidine rings is 1. The molecule has 0 saturated carbocycles. The molecule has 0 unspecified atom stereocenters. The van der Waals surface area contributed by atoms with Crippen molar-refractivity contribution < 1.29 is 9.59 Å². The fourth-order valence-electron chi connectivity index (χ4n) is 2.89. The molecule has 0 N–H and O–H groups in total. The molecule has 0 aliphatic carbocycles. The summed E-state index contributed by atoms with van der Waals surface area (Å²) in [4.78, 5) is 32.8. The van der Waals surface area contributed by atoms with Crippen molar-refractivity contribution in [1.82, 2.24) is 19.4 Å². The second-order valence-corrected chi connectivity index (χ2v) is 8.35. The van der Waals surface area contributed by atoms with E-state index in [0.29, 0.717) is 24.0 Å². The van der Waals surface area contributed by atoms with Crippen molar-refractivity contribution in [3.8, 4) is 0 Å². The Hall–Kier alpha value is -1.67. The third-order valence-electron chi connectivity index (χ3n) is 4.27. The average Bonchev–Trinajstić information content (AvgIpc) is 3.25. The summed E-state index contributed by atoms with van der Waals surface area (Å²) in [5.41, 5.74) is 0. The number of carbonyl (C=O) groups excluding carboxylic acids is 2. The molecule has 3 heterocycles. The first-order valence-electron chi connectivity index (χ1n) is 7.80. The van der Waals surface area contributed by atoms with Crippen LogP contribution in [0.3, 0.4) is 0 Å². The Bertz CT molecular complexity index is 707. The summed E-state index contributed by atoms with van der Waals surface area (Å²) in [6.45, 7) is 1.55. The van der Waals surface area contributed by atoms with Gasteiger partial charge in [-0.2, -0.15) is 0 Å². The highest BCUT2D eigenvalue weighted by Crippen LogP contribution is 2.24. The van der Waals surface area contributed by atoms with Gasteiger partial charge in [0.05, 0.1) is 21.5 Å². The van der Waals surface area contributed by atoms with Crippen LogP contribution in [-0.2, 0) is 4.79 Å². The van der Waals surface area contributed by atoms with Crippen molar-refractivity contribution in [3.63, 3.8) is 0 Å². The molecule has 0 atom stereocenters. The summed E-state index contributed by atoms with van der Waals surface area (Å²) in [5.74, 6) is -0.113. The summed E-state index contributed by atoms with van der Waals surface area (Å²) >= 11 is 4.73. The van der Waals surface area contributed by atoms with Crippen molar-refractivity contribution in [3.05, 3.63) is 39.5 Å². The number of likely N-dealkylation sites (tertiary alicyclic amines) is 1. The van der Waals surface area contributed by atoms with E-state index in [0.717, 1.165) is 16.6 Å². The van der Waals surface area contributed by atoms with Crippen molar-refractivity contribution in [1.29, 1.82) is 0 Å². The number of carbonyl (C=O) groups is 2. The molecule has 3 rings (SSSR count). The van der Waals surface area contributed by atoms with Crippen molar-refractivity contribution in [2.45, 2.75) is 18.9 Å². The molecule has 1 saturated heterocycles. The zero-order chi connectivity index (χ0) is 17.1. The first kappa shape index (κ1) is 17.2. The zero-order valence-corrected chi connectivity index (χ0v) is 15.8. The van der Waals surface area contributed by atoms with Gasteiger partial charge in [0, 0.05) is 38.6 Å². The number of amides is 2. The second kappa shape index (κ2) is 7.48. The summed E-state index contributed by atoms with van der Waals surface area (Å²) in [5, 5.41) is 0. The lowest BCUT2D eigenvalue weighted by atomic mass is 10.0. The Labute approximate surface area is 153 Å². The maximum absolute atomic E-state index is 12.4. The predicted molar refractivity (Wildman–Crippen MR) is 96.1 cm³/mol. The SMILES string of the molecule is CN(CC(=O)N1CCC(n2ccnc2)CC1)C(=O)c1ccc(Br)s1. The van der Waals surface area contributed by atoms with Crippen LogP contribution in [0.5, 0.6) is 0 Å². The number of aromatic nitrogens is 2. The molecule has 1 fully saturated rings. The van der Waals surface area contributed by atoms with E-state index in [-0.39, 0.29) is 18.4 Å². The highest BCUT2D eigenvalue weighted by atomic mass is 79.9. The van der Waals surface area contributed by atoms with Gasteiger partial charge in [-0.1, -0.05) is 0 Å². The van der Waals surface area contributed by atoms with Crippen LogP contribution in [0.2, 0.25) is 0 Å². The molecule has 2 amide bonds. The van der Waals surface area contributed by atoms with E-state index in [4.69, 9.17) is 0 Å². The Morgan fingerprint density at radius 1 is 1.38 bits per heavy atom. The Morgan fingerprint density at radius 2 is 2.12 bits per heavy atom. The lowest BCUT2D eigenvalue weighted by Gasteiger charge is -2.33. The number of thiophene rings is 1. The molecule has 2 aromatic heterocycles. The van der Waals surface area contributed by atoms with Crippen LogP contribution in [0.15, 0.2) is 34.6 Å². The van der Waals surface area contributed by atoms with E-state index >= 15 is 0 Å². The topological polar surface area (TPSA) is 58.4 Å². The van der Waals surface area contributed by atoms with Gasteiger partial charge >= 0.3 is 0 Å². The molecule has 2 aromatic rings. The maximum Gasteiger partial charge on any atom is 0.264 e. The summed E-state index contributed by atoms with van der Waals surface area (Å²) in [7, 11) is 1.67. The highest BCUT2D eigenvalue weighted by Gasteiger charge is 2.25. The molecule has 128 valence electrons. The number of hydrogen-bond donors (Lipinski definition) is 0. The van der Waals surface area contributed by atoms with Crippen LogP contribution >= 0.6 is 27.3 Å². The minimum absolute atomic E-state index is 0.00514. The number of nitrogens with zero attached hydrogens (tertiary/aromatic N) is 4. The van der Waals surface area contributed by atoms with Gasteiger partial charge < -0.3 is 14.4 Å². The molecule has 0 spiro atoms. The van der Waals surface area contributed by atoms with Gasteiger partial charge in [-0.25, -0.2) is 4.98 Å². The highest BCUT2D eigenvalue weighted by molar-refractivity contribution is 9.11. The van der Waals surface area contributed by atoms with Crippen LogP contribution in [0.4, 0.5) is 0 Å². The summed E-state index contributed by atoms with van der Waals surface area (Å²) < 4.78 is 3.01. The first-order chi connectivity index (χ1) is 11.5.